The third-order valence-corrected chi connectivity index (χ3v) is 18.1. The van der Waals surface area contributed by atoms with Crippen LogP contribution in [0.5, 0.6) is 0 Å². The van der Waals surface area contributed by atoms with Gasteiger partial charge in [0.05, 0.1) is 19.8 Å². The minimum atomic E-state index is 0.0640. The van der Waals surface area contributed by atoms with Crippen molar-refractivity contribution in [2.75, 3.05) is 4.90 Å². The third-order valence-electron chi connectivity index (χ3n) is 11.4. The van der Waals surface area contributed by atoms with Crippen LogP contribution in [-0.2, 0) is 19.8 Å². The highest BCUT2D eigenvalue weighted by Gasteiger charge is 2.18. The van der Waals surface area contributed by atoms with Crippen molar-refractivity contribution < 1.29 is 15.3 Å². The van der Waals surface area contributed by atoms with Crippen molar-refractivity contribution in [1.82, 2.24) is 0 Å². The average molecular weight is 900 g/mol. The lowest BCUT2D eigenvalue weighted by atomic mass is 10.1. The summed E-state index contributed by atoms with van der Waals surface area (Å²) in [6.07, 6.45) is 0. The first-order valence-corrected chi connectivity index (χ1v) is 24.7. The summed E-state index contributed by atoms with van der Waals surface area (Å²) in [7, 11) is 0. The molecule has 0 aliphatic rings. The Morgan fingerprint density at radius 3 is 0.803 bits per heavy atom. The molecule has 10 heteroatoms. The first kappa shape index (κ1) is 37.5. The zero-order valence-electron chi connectivity index (χ0n) is 32.2. The molecule has 0 saturated carbocycles. The Labute approximate surface area is 374 Å². The maximum absolute atomic E-state index is 9.79. The Morgan fingerprint density at radius 2 is 0.541 bits per heavy atom. The normalized spacial score (nSPS) is 12.0. The summed E-state index contributed by atoms with van der Waals surface area (Å²) >= 11 is 10.4. The van der Waals surface area contributed by atoms with E-state index in [1.165, 1.54) is 91.8 Å². The maximum atomic E-state index is 9.79. The molecule has 0 radical (unpaired) electrons. The first-order valence-electron chi connectivity index (χ1n) is 19.8. The molecule has 3 N–H and O–H groups in total. The summed E-state index contributed by atoms with van der Waals surface area (Å²) in [6, 6.07) is 53.2. The highest BCUT2D eigenvalue weighted by atomic mass is 32.1. The Morgan fingerprint density at radius 1 is 0.295 bits per heavy atom. The van der Waals surface area contributed by atoms with Gasteiger partial charge in [0.2, 0.25) is 0 Å². The standard InChI is InChI=1S/C51H33NO3S6/c53-25-34-19-37-40-22-49(59-46(40)16-13-43(37)56-34)28-1-7-31(8-2-28)52(32-9-3-29(4-10-32)50-23-41-38-20-35(26-54)57-44(38)14-17-47(41)60-50)33-11-5-30(6-12-33)51-24-42-39-21-36(27-55)58-45(39)15-18-48(42)61-51/h1-24,53-55H,25-27H2. The van der Waals surface area contributed by atoms with Gasteiger partial charge in [0.25, 0.3) is 0 Å². The topological polar surface area (TPSA) is 63.9 Å². The number of hydrogen-bond acceptors (Lipinski definition) is 10. The van der Waals surface area contributed by atoms with E-state index in [9.17, 15) is 15.3 Å². The molecule has 12 aromatic rings. The van der Waals surface area contributed by atoms with Gasteiger partial charge < -0.3 is 20.2 Å². The van der Waals surface area contributed by atoms with Gasteiger partial charge >= 0.3 is 0 Å². The summed E-state index contributed by atoms with van der Waals surface area (Å²) in [6.45, 7) is 0.192. The van der Waals surface area contributed by atoms with Crippen LogP contribution in [0.4, 0.5) is 17.1 Å². The fourth-order valence-electron chi connectivity index (χ4n) is 8.48. The van der Waals surface area contributed by atoms with E-state index >= 15 is 0 Å². The van der Waals surface area contributed by atoms with Gasteiger partial charge in [-0.25, -0.2) is 0 Å². The van der Waals surface area contributed by atoms with Crippen molar-refractivity contribution in [2.24, 2.45) is 0 Å². The van der Waals surface area contributed by atoms with Gasteiger partial charge in [0.1, 0.15) is 0 Å². The molecular weight excluding hydrogens is 867 g/mol. The van der Waals surface area contributed by atoms with Gasteiger partial charge in [0.15, 0.2) is 0 Å². The van der Waals surface area contributed by atoms with Crippen molar-refractivity contribution in [3.8, 4) is 31.3 Å². The Kier molecular flexibility index (Phi) is 9.22. The van der Waals surface area contributed by atoms with E-state index < -0.39 is 0 Å². The van der Waals surface area contributed by atoms with Crippen LogP contribution >= 0.6 is 68.0 Å². The fraction of sp³-hybridized carbons (Fsp3) is 0.0588. The quantitative estimate of drug-likeness (QED) is 0.135. The van der Waals surface area contributed by atoms with Crippen LogP contribution in [0.15, 0.2) is 146 Å². The summed E-state index contributed by atoms with van der Waals surface area (Å²) in [5, 5.41) is 36.7. The van der Waals surface area contributed by atoms with E-state index in [1.807, 2.05) is 0 Å². The number of benzene rings is 6. The van der Waals surface area contributed by atoms with Crippen LogP contribution < -0.4 is 4.90 Å². The molecule has 6 aromatic carbocycles. The monoisotopic (exact) mass is 899 g/mol. The summed E-state index contributed by atoms with van der Waals surface area (Å²) in [5.41, 5.74) is 6.73. The molecule has 296 valence electrons. The van der Waals surface area contributed by atoms with E-state index in [0.717, 1.165) is 31.7 Å². The van der Waals surface area contributed by atoms with E-state index in [2.05, 4.69) is 150 Å². The van der Waals surface area contributed by atoms with Crippen LogP contribution in [-0.4, -0.2) is 15.3 Å². The molecule has 0 unspecified atom stereocenters. The summed E-state index contributed by atoms with van der Waals surface area (Å²) in [4.78, 5) is 8.96. The zero-order valence-corrected chi connectivity index (χ0v) is 37.1. The molecule has 61 heavy (non-hydrogen) atoms. The molecule has 0 bridgehead atoms. The third kappa shape index (κ3) is 6.45. The largest absolute Gasteiger partial charge is 0.391 e. The van der Waals surface area contributed by atoms with Crippen LogP contribution in [0, 0.1) is 0 Å². The van der Waals surface area contributed by atoms with Gasteiger partial charge in [-0.1, -0.05) is 36.4 Å². The van der Waals surface area contributed by atoms with Gasteiger partial charge in [-0.15, -0.1) is 68.0 Å². The Hall–Kier alpha value is -5.24. The number of fused-ring (bicyclic) bond motifs is 9. The zero-order chi connectivity index (χ0) is 40.8. The van der Waals surface area contributed by atoms with Crippen molar-refractivity contribution in [2.45, 2.75) is 19.8 Å². The molecule has 0 spiro atoms. The molecule has 0 fully saturated rings. The second kappa shape index (κ2) is 15.0. The Balaban J connectivity index is 0.914. The van der Waals surface area contributed by atoms with Gasteiger partial charge in [-0.3, -0.25) is 0 Å². The number of rotatable bonds is 9. The average Bonchev–Trinajstić information content (AvgIpc) is 4.16. The predicted octanol–water partition coefficient (Wildman–Crippen LogP) is 15.9. The molecule has 0 atom stereocenters. The molecule has 4 nitrogen and oxygen atoms in total. The molecule has 0 aliphatic carbocycles. The predicted molar refractivity (Wildman–Crippen MR) is 267 cm³/mol. The molecule has 0 saturated heterocycles. The molecule has 12 rings (SSSR count). The number of aliphatic hydroxyl groups is 3. The highest BCUT2D eigenvalue weighted by molar-refractivity contribution is 7.24. The van der Waals surface area contributed by atoms with E-state index in [1.54, 1.807) is 68.0 Å². The van der Waals surface area contributed by atoms with Crippen LogP contribution in [0.1, 0.15) is 14.6 Å². The van der Waals surface area contributed by atoms with E-state index in [4.69, 9.17) is 0 Å². The van der Waals surface area contributed by atoms with Crippen molar-refractivity contribution in [3.63, 3.8) is 0 Å². The maximum Gasteiger partial charge on any atom is 0.0774 e. The van der Waals surface area contributed by atoms with Crippen molar-refractivity contribution in [1.29, 1.82) is 0 Å². The first-order chi connectivity index (χ1) is 30.0. The van der Waals surface area contributed by atoms with Crippen LogP contribution in [0.3, 0.4) is 0 Å². The Bertz CT molecular complexity index is 3220. The lowest BCUT2D eigenvalue weighted by Crippen LogP contribution is -2.09. The minimum Gasteiger partial charge on any atom is -0.391 e. The number of anilines is 3. The molecule has 6 heterocycles. The lowest BCUT2D eigenvalue weighted by Gasteiger charge is -2.26. The number of nitrogens with zero attached hydrogens (tertiary/aromatic N) is 1. The van der Waals surface area contributed by atoms with Gasteiger partial charge in [0, 0.05) is 107 Å². The van der Waals surface area contributed by atoms with Crippen molar-refractivity contribution in [3.05, 3.63) is 160 Å². The minimum absolute atomic E-state index is 0.0640. The highest BCUT2D eigenvalue weighted by Crippen LogP contribution is 2.45. The molecule has 0 amide bonds. The van der Waals surface area contributed by atoms with Crippen molar-refractivity contribution >= 4 is 146 Å². The van der Waals surface area contributed by atoms with E-state index in [-0.39, 0.29) is 19.8 Å². The SMILES string of the molecule is OCc1cc2c(ccc3sc(-c4ccc(N(c5ccc(-c6cc7c(ccc8sc(CO)cc87)s6)cc5)c5ccc(-c6cc7c(ccc8sc(CO)cc87)s6)cc5)cc4)cc32)s1. The summed E-state index contributed by atoms with van der Waals surface area (Å²) < 4.78 is 7.36. The van der Waals surface area contributed by atoms with Gasteiger partial charge in [-0.05, 0) is 126 Å². The smallest absolute Gasteiger partial charge is 0.0774 e. The molecule has 0 aliphatic heterocycles. The molecular formula is C51H33NO3S6. The summed E-state index contributed by atoms with van der Waals surface area (Å²) in [5.74, 6) is 0. The van der Waals surface area contributed by atoms with Crippen LogP contribution in [0.2, 0.25) is 0 Å². The molecule has 6 aromatic heterocycles. The van der Waals surface area contributed by atoms with Gasteiger partial charge in [-0.2, -0.15) is 0 Å². The number of thiophene rings is 6. The lowest BCUT2D eigenvalue weighted by molar-refractivity contribution is 0.285. The number of hydrogen-bond donors (Lipinski definition) is 3. The van der Waals surface area contributed by atoms with Crippen LogP contribution in [0.25, 0.3) is 91.8 Å². The fourth-order valence-corrected chi connectivity index (χ4v) is 14.5. The number of aliphatic hydroxyl groups excluding tert-OH is 3. The second-order valence-electron chi connectivity index (χ2n) is 15.1. The second-order valence-corrected chi connectivity index (χ2v) is 21.8. The van der Waals surface area contributed by atoms with E-state index in [0.29, 0.717) is 0 Å².